The molecule has 0 aliphatic rings. The van der Waals surface area contributed by atoms with Gasteiger partial charge in [-0.05, 0) is 27.6 Å². The second-order valence-electron chi connectivity index (χ2n) is 2.57. The Morgan fingerprint density at radius 3 is 2.86 bits per heavy atom. The largest absolute Gasteiger partial charge is 0.468 e. The van der Waals surface area contributed by atoms with Gasteiger partial charge in [0.2, 0.25) is 0 Å². The molecule has 1 atom stereocenters. The van der Waals surface area contributed by atoms with Gasteiger partial charge in [0.05, 0.1) is 7.11 Å². The number of aromatic nitrogens is 1. The minimum Gasteiger partial charge on any atom is -0.468 e. The van der Waals surface area contributed by atoms with E-state index in [1.807, 2.05) is 0 Å². The van der Waals surface area contributed by atoms with Gasteiger partial charge < -0.3 is 9.53 Å². The van der Waals surface area contributed by atoms with Crippen LogP contribution < -0.4 is 0 Å². The van der Waals surface area contributed by atoms with Crippen molar-refractivity contribution < 1.29 is 14.3 Å². The third-order valence-corrected chi connectivity index (χ3v) is 2.11. The molecular formula is C9H8BrNO3. The Labute approximate surface area is 89.4 Å². The summed E-state index contributed by atoms with van der Waals surface area (Å²) in [6, 6.07) is 1.66. The summed E-state index contributed by atoms with van der Waals surface area (Å²) < 4.78 is 5.20. The number of carbonyl (C=O) groups excluding carboxylic acids is 2. The zero-order valence-corrected chi connectivity index (χ0v) is 9.02. The first-order valence-corrected chi connectivity index (χ1v) is 4.62. The lowest BCUT2D eigenvalue weighted by atomic mass is 10.0. The molecule has 5 heteroatoms. The van der Waals surface area contributed by atoms with Gasteiger partial charge in [0.1, 0.15) is 12.2 Å². The number of aldehydes is 1. The maximum absolute atomic E-state index is 11.2. The number of esters is 1. The number of nitrogens with zero attached hydrogens (tertiary/aromatic N) is 1. The fourth-order valence-electron chi connectivity index (χ4n) is 0.996. The predicted molar refractivity (Wildman–Crippen MR) is 52.8 cm³/mol. The Bertz CT molecular complexity index is 354. The molecular weight excluding hydrogens is 250 g/mol. The molecule has 0 amide bonds. The number of ether oxygens (including phenoxy) is 1. The summed E-state index contributed by atoms with van der Waals surface area (Å²) in [5, 5.41) is 0. The number of methoxy groups -OCH3 is 1. The molecule has 0 fully saturated rings. The minimum absolute atomic E-state index is 0.515. The number of rotatable bonds is 3. The minimum atomic E-state index is -0.898. The zero-order chi connectivity index (χ0) is 10.6. The summed E-state index contributed by atoms with van der Waals surface area (Å²) in [6.45, 7) is 0. The average Bonchev–Trinajstić information content (AvgIpc) is 2.19. The van der Waals surface area contributed by atoms with Crippen molar-refractivity contribution in [1.29, 1.82) is 0 Å². The van der Waals surface area contributed by atoms with Gasteiger partial charge in [-0.25, -0.2) is 0 Å². The van der Waals surface area contributed by atoms with E-state index in [0.29, 0.717) is 16.3 Å². The van der Waals surface area contributed by atoms with Gasteiger partial charge in [0.25, 0.3) is 0 Å². The van der Waals surface area contributed by atoms with Crippen molar-refractivity contribution in [2.45, 2.75) is 5.92 Å². The maximum Gasteiger partial charge on any atom is 0.320 e. The van der Waals surface area contributed by atoms with Crippen LogP contribution in [0, 0.1) is 0 Å². The monoisotopic (exact) mass is 257 g/mol. The molecule has 1 aromatic rings. The van der Waals surface area contributed by atoms with E-state index in [4.69, 9.17) is 0 Å². The molecule has 4 nitrogen and oxygen atoms in total. The van der Waals surface area contributed by atoms with E-state index in [1.54, 1.807) is 12.3 Å². The number of pyridine rings is 1. The highest BCUT2D eigenvalue weighted by Crippen LogP contribution is 2.18. The molecule has 0 bridgehead atoms. The normalized spacial score (nSPS) is 11.9. The van der Waals surface area contributed by atoms with Crippen LogP contribution in [-0.4, -0.2) is 24.3 Å². The molecule has 1 unspecified atom stereocenters. The zero-order valence-electron chi connectivity index (χ0n) is 7.44. The van der Waals surface area contributed by atoms with Gasteiger partial charge in [-0.15, -0.1) is 0 Å². The van der Waals surface area contributed by atoms with Crippen LogP contribution in [0.25, 0.3) is 0 Å². The van der Waals surface area contributed by atoms with Gasteiger partial charge >= 0.3 is 5.97 Å². The van der Waals surface area contributed by atoms with Crippen LogP contribution in [0.1, 0.15) is 11.5 Å². The molecule has 14 heavy (non-hydrogen) atoms. The highest BCUT2D eigenvalue weighted by atomic mass is 79.9. The Morgan fingerprint density at radius 2 is 2.36 bits per heavy atom. The SMILES string of the molecule is COC(=O)C(C=O)c1cncc(Br)c1. The molecule has 0 spiro atoms. The smallest absolute Gasteiger partial charge is 0.320 e. The highest BCUT2D eigenvalue weighted by Gasteiger charge is 2.20. The van der Waals surface area contributed by atoms with E-state index in [-0.39, 0.29) is 0 Å². The second-order valence-corrected chi connectivity index (χ2v) is 3.49. The fourth-order valence-corrected chi connectivity index (χ4v) is 1.38. The first-order valence-electron chi connectivity index (χ1n) is 3.82. The van der Waals surface area contributed by atoms with E-state index in [9.17, 15) is 9.59 Å². The molecule has 1 aromatic heterocycles. The van der Waals surface area contributed by atoms with Gasteiger partial charge in [0, 0.05) is 16.9 Å². The molecule has 0 saturated carbocycles. The standard InChI is InChI=1S/C9H8BrNO3/c1-14-9(13)8(5-12)6-2-7(10)4-11-3-6/h2-5,8H,1H3. The molecule has 0 N–H and O–H groups in total. The number of hydrogen-bond acceptors (Lipinski definition) is 4. The average molecular weight is 258 g/mol. The van der Waals surface area contributed by atoms with Gasteiger partial charge in [-0.1, -0.05) is 0 Å². The van der Waals surface area contributed by atoms with Crippen molar-refractivity contribution in [3.05, 3.63) is 28.5 Å². The van der Waals surface area contributed by atoms with E-state index in [0.717, 1.165) is 0 Å². The first-order chi connectivity index (χ1) is 6.69. The van der Waals surface area contributed by atoms with E-state index in [1.165, 1.54) is 13.3 Å². The Hall–Kier alpha value is -1.23. The first kappa shape index (κ1) is 10.8. The van der Waals surface area contributed by atoms with Crippen LogP contribution in [-0.2, 0) is 14.3 Å². The lowest BCUT2D eigenvalue weighted by Crippen LogP contribution is -2.15. The molecule has 0 saturated heterocycles. The van der Waals surface area contributed by atoms with Crippen LogP contribution in [0.2, 0.25) is 0 Å². The highest BCUT2D eigenvalue weighted by molar-refractivity contribution is 9.10. The van der Waals surface area contributed by atoms with E-state index in [2.05, 4.69) is 25.7 Å². The summed E-state index contributed by atoms with van der Waals surface area (Å²) in [5.74, 6) is -1.48. The van der Waals surface area contributed by atoms with Gasteiger partial charge in [-0.2, -0.15) is 0 Å². The number of hydrogen-bond donors (Lipinski definition) is 0. The summed E-state index contributed by atoms with van der Waals surface area (Å²) in [6.07, 6.45) is 3.57. The van der Waals surface area contributed by atoms with Crippen LogP contribution in [0.4, 0.5) is 0 Å². The molecule has 74 valence electrons. The fraction of sp³-hybridized carbons (Fsp3) is 0.222. The van der Waals surface area contributed by atoms with Crippen LogP contribution in [0.15, 0.2) is 22.9 Å². The summed E-state index contributed by atoms with van der Waals surface area (Å²) >= 11 is 3.20. The van der Waals surface area contributed by atoms with Crippen molar-refractivity contribution in [2.75, 3.05) is 7.11 Å². The Morgan fingerprint density at radius 1 is 1.64 bits per heavy atom. The van der Waals surface area contributed by atoms with E-state index >= 15 is 0 Å². The number of halogens is 1. The van der Waals surface area contributed by atoms with Crippen molar-refractivity contribution >= 4 is 28.2 Å². The molecule has 1 rings (SSSR count). The maximum atomic E-state index is 11.2. The molecule has 1 heterocycles. The molecule has 0 aliphatic heterocycles. The lowest BCUT2D eigenvalue weighted by molar-refractivity contribution is -0.143. The lowest BCUT2D eigenvalue weighted by Gasteiger charge is -2.07. The number of carbonyl (C=O) groups is 2. The quantitative estimate of drug-likeness (QED) is 0.466. The van der Waals surface area contributed by atoms with Gasteiger partial charge in [0.15, 0.2) is 0 Å². The predicted octanol–water partition coefficient (Wildman–Crippen LogP) is 1.30. The molecule has 0 aliphatic carbocycles. The summed E-state index contributed by atoms with van der Waals surface area (Å²) in [7, 11) is 1.24. The van der Waals surface area contributed by atoms with Crippen LogP contribution in [0.5, 0.6) is 0 Å². The van der Waals surface area contributed by atoms with Crippen LogP contribution in [0.3, 0.4) is 0 Å². The van der Waals surface area contributed by atoms with Crippen molar-refractivity contribution in [3.63, 3.8) is 0 Å². The Kier molecular flexibility index (Phi) is 3.76. The molecule has 0 radical (unpaired) electrons. The van der Waals surface area contributed by atoms with E-state index < -0.39 is 11.9 Å². The van der Waals surface area contributed by atoms with Crippen molar-refractivity contribution in [2.24, 2.45) is 0 Å². The van der Waals surface area contributed by atoms with Crippen molar-refractivity contribution in [1.82, 2.24) is 4.98 Å². The summed E-state index contributed by atoms with van der Waals surface area (Å²) in [4.78, 5) is 25.7. The third-order valence-electron chi connectivity index (χ3n) is 1.68. The van der Waals surface area contributed by atoms with Crippen LogP contribution >= 0.6 is 15.9 Å². The van der Waals surface area contributed by atoms with Gasteiger partial charge in [-0.3, -0.25) is 9.78 Å². The van der Waals surface area contributed by atoms with Crippen molar-refractivity contribution in [3.8, 4) is 0 Å². The Balaban J connectivity index is 3.00. The topological polar surface area (TPSA) is 56.3 Å². The molecule has 0 aromatic carbocycles. The second kappa shape index (κ2) is 4.85. The third kappa shape index (κ3) is 2.38. The summed E-state index contributed by atoms with van der Waals surface area (Å²) in [5.41, 5.74) is 0.515.